The van der Waals surface area contributed by atoms with Crippen molar-refractivity contribution in [3.63, 3.8) is 0 Å². The van der Waals surface area contributed by atoms with E-state index in [-0.39, 0.29) is 5.57 Å². The summed E-state index contributed by atoms with van der Waals surface area (Å²) in [6.07, 6.45) is -36.3. The number of aliphatic hydroxyl groups is 16. The summed E-state index contributed by atoms with van der Waals surface area (Å²) in [5.41, 5.74) is -0.0939. The number of hydrogen-bond acceptors (Lipinski definition) is 24. The van der Waals surface area contributed by atoms with Gasteiger partial charge in [-0.25, -0.2) is 0 Å². The summed E-state index contributed by atoms with van der Waals surface area (Å²) in [6.45, 7) is -1.81. The first-order valence-corrected chi connectivity index (χ1v) is 17.6. The van der Waals surface area contributed by atoms with E-state index in [4.69, 9.17) is 33.2 Å². The van der Waals surface area contributed by atoms with Gasteiger partial charge in [0.2, 0.25) is 0 Å². The van der Waals surface area contributed by atoms with Crippen molar-refractivity contribution < 1.29 is 115 Å². The van der Waals surface area contributed by atoms with E-state index in [2.05, 4.69) is 5.32 Å². The fourth-order valence-corrected chi connectivity index (χ4v) is 7.29. The first-order valence-electron chi connectivity index (χ1n) is 17.6. The maximum Gasteiger partial charge on any atom is 0.187 e. The quantitative estimate of drug-likeness (QED) is 0.0814. The van der Waals surface area contributed by atoms with Crippen molar-refractivity contribution in [2.45, 2.75) is 154 Å². The van der Waals surface area contributed by atoms with Crippen LogP contribution in [-0.2, 0) is 33.2 Å². The summed E-state index contributed by atoms with van der Waals surface area (Å²) in [5, 5.41) is 169. The number of nitrogens with one attached hydrogen (secondary N) is 1. The molecule has 24 nitrogen and oxygen atoms in total. The first-order chi connectivity index (χ1) is 26.0. The summed E-state index contributed by atoms with van der Waals surface area (Å²) in [5.74, 6) is 0. The number of ether oxygens (including phenoxy) is 7. The topological polar surface area (TPSA) is 400 Å². The molecular weight excluding hydrogens is 754 g/mol. The molecule has 1 aliphatic carbocycles. The Morgan fingerprint density at radius 3 is 1.58 bits per heavy atom. The number of rotatable bonds is 12. The van der Waals surface area contributed by atoms with Gasteiger partial charge in [-0.2, -0.15) is 0 Å². The van der Waals surface area contributed by atoms with E-state index in [1.807, 2.05) is 0 Å². The van der Waals surface area contributed by atoms with Gasteiger partial charge in [0.1, 0.15) is 104 Å². The Bertz CT molecular complexity index is 1250. The Balaban J connectivity index is 1.24. The molecule has 0 saturated carbocycles. The zero-order valence-corrected chi connectivity index (χ0v) is 29.3. The lowest BCUT2D eigenvalue weighted by atomic mass is 9.86. The Morgan fingerprint density at radius 1 is 0.509 bits per heavy atom. The average Bonchev–Trinajstić information content (AvgIpc) is 3.17. The molecule has 17 N–H and O–H groups in total. The van der Waals surface area contributed by atoms with Gasteiger partial charge in [-0.15, -0.1) is 0 Å². The molecule has 5 aliphatic rings. The summed E-state index contributed by atoms with van der Waals surface area (Å²) in [4.78, 5) is 0. The Hall–Kier alpha value is -1.22. The smallest absolute Gasteiger partial charge is 0.187 e. The molecule has 55 heavy (non-hydrogen) atoms. The van der Waals surface area contributed by atoms with Crippen LogP contribution in [0.5, 0.6) is 0 Å². The highest BCUT2D eigenvalue weighted by atomic mass is 16.7. The fraction of sp³-hybridized carbons (Fsp3) is 0.935. The van der Waals surface area contributed by atoms with Gasteiger partial charge in [0, 0.05) is 0 Å². The molecule has 5 rings (SSSR count). The lowest BCUT2D eigenvalue weighted by Gasteiger charge is -2.48. The summed E-state index contributed by atoms with van der Waals surface area (Å²) in [7, 11) is 0. The standard InChI is InChI=1S/C31H53NO23/c1-7-13(16(39)22(45)29(49-7)54-26-11(5-35)50-28(48)21(44)19(26)42)32-9-2-8(3-33)25(18(41)14(9)37)53-31-24(47)20(43)27(12(6-36)52-31)55-30-23(46)17(40)15(38)10(4-34)51-30/h2,7,9-48H,3-6H2,1H3. The van der Waals surface area contributed by atoms with E-state index in [9.17, 15) is 81.7 Å². The van der Waals surface area contributed by atoms with E-state index in [1.54, 1.807) is 0 Å². The highest BCUT2D eigenvalue weighted by Crippen LogP contribution is 2.34. The molecule has 0 bridgehead atoms. The second kappa shape index (κ2) is 18.8. The molecular formula is C31H53NO23. The second-order valence-electron chi connectivity index (χ2n) is 14.2. The Morgan fingerprint density at radius 2 is 1.00 bits per heavy atom. The summed E-state index contributed by atoms with van der Waals surface area (Å²) < 4.78 is 38.4. The van der Waals surface area contributed by atoms with Crippen LogP contribution in [0.4, 0.5) is 0 Å². The third-order valence-corrected chi connectivity index (χ3v) is 10.6. The van der Waals surface area contributed by atoms with Crippen LogP contribution in [0.15, 0.2) is 11.6 Å². The summed E-state index contributed by atoms with van der Waals surface area (Å²) >= 11 is 0. The third-order valence-electron chi connectivity index (χ3n) is 10.6. The number of aliphatic hydroxyl groups excluding tert-OH is 16. The molecule has 0 aromatic rings. The minimum Gasteiger partial charge on any atom is -0.394 e. The largest absolute Gasteiger partial charge is 0.394 e. The van der Waals surface area contributed by atoms with Crippen LogP contribution in [0.2, 0.25) is 0 Å². The van der Waals surface area contributed by atoms with Crippen molar-refractivity contribution in [3.05, 3.63) is 11.6 Å². The average molecular weight is 808 g/mol. The second-order valence-corrected chi connectivity index (χ2v) is 14.2. The molecule has 24 unspecified atom stereocenters. The monoisotopic (exact) mass is 807 g/mol. The lowest BCUT2D eigenvalue weighted by Crippen LogP contribution is -2.68. The van der Waals surface area contributed by atoms with Gasteiger partial charge >= 0.3 is 0 Å². The van der Waals surface area contributed by atoms with Crippen molar-refractivity contribution in [2.75, 3.05) is 26.4 Å². The van der Waals surface area contributed by atoms with Gasteiger partial charge < -0.3 is 120 Å². The van der Waals surface area contributed by atoms with E-state index in [1.165, 1.54) is 13.0 Å². The van der Waals surface area contributed by atoms with E-state index < -0.39 is 174 Å². The van der Waals surface area contributed by atoms with Crippen LogP contribution >= 0.6 is 0 Å². The minimum absolute atomic E-state index is 0.0939. The van der Waals surface area contributed by atoms with Gasteiger partial charge in [-0.3, -0.25) is 0 Å². The first kappa shape index (κ1) is 44.9. The molecule has 4 fully saturated rings. The third kappa shape index (κ3) is 9.03. The molecule has 0 aromatic carbocycles. The van der Waals surface area contributed by atoms with Gasteiger partial charge in [-0.05, 0) is 12.5 Å². The van der Waals surface area contributed by atoms with Crippen LogP contribution in [0.25, 0.3) is 0 Å². The van der Waals surface area contributed by atoms with E-state index >= 15 is 0 Å². The molecule has 4 saturated heterocycles. The molecule has 24 atom stereocenters. The van der Waals surface area contributed by atoms with Crippen LogP contribution in [-0.4, -0.2) is 255 Å². The normalized spacial score (nSPS) is 52.5. The molecule has 0 spiro atoms. The Labute approximate surface area is 312 Å². The Kier molecular flexibility index (Phi) is 15.3. The molecule has 24 heteroatoms. The molecule has 0 radical (unpaired) electrons. The maximum atomic E-state index is 11.2. The highest BCUT2D eigenvalue weighted by Gasteiger charge is 2.54. The zero-order chi connectivity index (χ0) is 40.6. The predicted molar refractivity (Wildman–Crippen MR) is 170 cm³/mol. The van der Waals surface area contributed by atoms with Crippen LogP contribution < -0.4 is 5.32 Å². The SMILES string of the molecule is CC1OC(OC2C(CO)OC(O)C(O)C2O)C(O)C(O)C1NC1C=C(CO)C(OC2OC(CO)C(OC3OC(CO)C(O)C(O)C3O)C(O)C2O)C(O)C1O. The van der Waals surface area contributed by atoms with Gasteiger partial charge in [0.05, 0.1) is 44.6 Å². The van der Waals surface area contributed by atoms with Crippen LogP contribution in [0, 0.1) is 0 Å². The minimum atomic E-state index is -2.01. The van der Waals surface area contributed by atoms with Crippen molar-refractivity contribution in [1.29, 1.82) is 0 Å². The van der Waals surface area contributed by atoms with Gasteiger partial charge in [-0.1, -0.05) is 6.08 Å². The molecule has 4 aliphatic heterocycles. The van der Waals surface area contributed by atoms with E-state index in [0.29, 0.717) is 0 Å². The fourth-order valence-electron chi connectivity index (χ4n) is 7.29. The molecule has 0 amide bonds. The van der Waals surface area contributed by atoms with Crippen LogP contribution in [0.3, 0.4) is 0 Å². The molecule has 0 aromatic heterocycles. The van der Waals surface area contributed by atoms with Gasteiger partial charge in [0.15, 0.2) is 25.2 Å². The number of hydrogen-bond donors (Lipinski definition) is 17. The van der Waals surface area contributed by atoms with Crippen molar-refractivity contribution in [2.24, 2.45) is 0 Å². The zero-order valence-electron chi connectivity index (χ0n) is 29.3. The summed E-state index contributed by atoms with van der Waals surface area (Å²) in [6, 6.07) is -2.46. The predicted octanol–water partition coefficient (Wildman–Crippen LogP) is -10.7. The highest BCUT2D eigenvalue weighted by molar-refractivity contribution is 5.23. The molecule has 4 heterocycles. The molecule has 320 valence electrons. The van der Waals surface area contributed by atoms with Crippen molar-refractivity contribution in [3.8, 4) is 0 Å². The van der Waals surface area contributed by atoms with Crippen molar-refractivity contribution >= 4 is 0 Å². The van der Waals surface area contributed by atoms with Gasteiger partial charge in [0.25, 0.3) is 0 Å². The lowest BCUT2D eigenvalue weighted by molar-refractivity contribution is -0.364. The van der Waals surface area contributed by atoms with E-state index in [0.717, 1.165) is 0 Å². The van der Waals surface area contributed by atoms with Crippen molar-refractivity contribution in [1.82, 2.24) is 5.32 Å². The van der Waals surface area contributed by atoms with Crippen LogP contribution in [0.1, 0.15) is 6.92 Å². The maximum absolute atomic E-state index is 11.2.